The van der Waals surface area contributed by atoms with Crippen LogP contribution >= 0.6 is 35.3 Å². The van der Waals surface area contributed by atoms with Gasteiger partial charge >= 0.3 is 0 Å². The molecule has 1 fully saturated rings. The maximum atomic E-state index is 12.4. The monoisotopic (exact) mass is 314 g/mol. The van der Waals surface area contributed by atoms with Crippen molar-refractivity contribution in [2.24, 2.45) is 0 Å². The summed E-state index contributed by atoms with van der Waals surface area (Å²) in [5.41, 5.74) is 0. The summed E-state index contributed by atoms with van der Waals surface area (Å²) in [5, 5.41) is 3.71. The molecule has 0 aromatic carbocycles. The fraction of sp³-hybridized carbons (Fsp3) is 0.538. The second kappa shape index (κ2) is 6.24. The minimum absolute atomic E-state index is 0.0190. The van der Waals surface area contributed by atoms with Gasteiger partial charge in [0.05, 0.1) is 6.04 Å². The lowest BCUT2D eigenvalue weighted by molar-refractivity contribution is -0.128. The number of carbonyl (C=O) groups excluding carboxylic acids is 1. The Morgan fingerprint density at radius 2 is 2.32 bits per heavy atom. The third-order valence-electron chi connectivity index (χ3n) is 3.22. The molecule has 0 aliphatic carbocycles. The first-order chi connectivity index (χ1) is 9.04. The Morgan fingerprint density at radius 1 is 1.58 bits per heavy atom. The van der Waals surface area contributed by atoms with E-state index in [9.17, 15) is 4.79 Å². The van der Waals surface area contributed by atoms with Crippen LogP contribution in [0.2, 0.25) is 0 Å². The van der Waals surface area contributed by atoms with Gasteiger partial charge in [0.25, 0.3) is 5.91 Å². The molecule has 2 atom stereocenters. The average molecular weight is 315 g/mol. The zero-order chi connectivity index (χ0) is 14.0. The van der Waals surface area contributed by atoms with Crippen molar-refractivity contribution in [3.05, 3.63) is 21.9 Å². The second-order valence-electron chi connectivity index (χ2n) is 4.62. The highest BCUT2D eigenvalue weighted by atomic mass is 32.2. The number of aryl methyl sites for hydroxylation is 1. The van der Waals surface area contributed by atoms with Crippen molar-refractivity contribution in [3.63, 3.8) is 0 Å². The third kappa shape index (κ3) is 3.12. The predicted molar refractivity (Wildman–Crippen MR) is 86.8 cm³/mol. The Bertz CT molecular complexity index is 486. The smallest absolute Gasteiger partial charge is 0.251 e. The van der Waals surface area contributed by atoms with Gasteiger partial charge in [0.1, 0.15) is 6.04 Å². The minimum Gasteiger partial charge on any atom is -0.350 e. The van der Waals surface area contributed by atoms with E-state index in [1.165, 1.54) is 9.75 Å². The van der Waals surface area contributed by atoms with Gasteiger partial charge in [0.15, 0.2) is 5.11 Å². The summed E-state index contributed by atoms with van der Waals surface area (Å²) in [7, 11) is 0. The SMILES string of the molecule is CSCC[C@@H]1NC(=S)N([C@@H](C)c2ccc(C)s2)C1=O. The fourth-order valence-corrected chi connectivity index (χ4v) is 3.93. The molecule has 104 valence electrons. The van der Waals surface area contributed by atoms with Crippen LogP contribution in [-0.4, -0.2) is 34.0 Å². The van der Waals surface area contributed by atoms with E-state index in [0.717, 1.165) is 12.2 Å². The number of thiophene rings is 1. The van der Waals surface area contributed by atoms with Crippen LogP contribution in [0.3, 0.4) is 0 Å². The van der Waals surface area contributed by atoms with Crippen LogP contribution in [0.1, 0.15) is 29.1 Å². The number of thiocarbonyl (C=S) groups is 1. The Labute approximate surface area is 127 Å². The van der Waals surface area contributed by atoms with Crippen molar-refractivity contribution in [2.75, 3.05) is 12.0 Å². The lowest BCUT2D eigenvalue weighted by Gasteiger charge is -2.22. The number of nitrogens with zero attached hydrogens (tertiary/aromatic N) is 1. The summed E-state index contributed by atoms with van der Waals surface area (Å²) in [6, 6.07) is 4.03. The van der Waals surface area contributed by atoms with E-state index in [-0.39, 0.29) is 18.0 Å². The van der Waals surface area contributed by atoms with E-state index in [4.69, 9.17) is 12.2 Å². The highest BCUT2D eigenvalue weighted by molar-refractivity contribution is 7.98. The number of nitrogens with one attached hydrogen (secondary N) is 1. The minimum atomic E-state index is -0.150. The maximum Gasteiger partial charge on any atom is 0.251 e. The van der Waals surface area contributed by atoms with Crippen LogP contribution < -0.4 is 5.32 Å². The average Bonchev–Trinajstić information content (AvgIpc) is 2.91. The molecule has 0 radical (unpaired) electrons. The van der Waals surface area contributed by atoms with Crippen LogP contribution in [-0.2, 0) is 4.79 Å². The molecule has 1 N–H and O–H groups in total. The standard InChI is InChI=1S/C13H18N2OS3/c1-8-4-5-11(19-8)9(2)15-12(16)10(6-7-18-3)14-13(15)17/h4-5,9-10H,6-7H2,1-3H3,(H,14,17)/t9-,10-/m0/s1. The van der Waals surface area contributed by atoms with E-state index in [2.05, 4.69) is 24.4 Å². The fourth-order valence-electron chi connectivity index (χ4n) is 2.15. The van der Waals surface area contributed by atoms with E-state index < -0.39 is 0 Å². The number of thioether (sulfide) groups is 1. The van der Waals surface area contributed by atoms with Gasteiger partial charge in [-0.2, -0.15) is 11.8 Å². The van der Waals surface area contributed by atoms with Crippen molar-refractivity contribution in [1.29, 1.82) is 0 Å². The summed E-state index contributed by atoms with van der Waals surface area (Å²) in [4.78, 5) is 16.6. The third-order valence-corrected chi connectivity index (χ3v) is 5.35. The molecule has 1 aromatic heterocycles. The van der Waals surface area contributed by atoms with Crippen molar-refractivity contribution in [3.8, 4) is 0 Å². The number of carbonyl (C=O) groups is 1. The molecule has 0 bridgehead atoms. The van der Waals surface area contributed by atoms with Gasteiger partial charge in [0, 0.05) is 9.75 Å². The van der Waals surface area contributed by atoms with E-state index >= 15 is 0 Å². The molecule has 2 heterocycles. The van der Waals surface area contributed by atoms with Gasteiger partial charge in [0.2, 0.25) is 0 Å². The first kappa shape index (κ1) is 14.8. The molecule has 1 aliphatic rings. The summed E-state index contributed by atoms with van der Waals surface area (Å²) >= 11 is 8.79. The van der Waals surface area contributed by atoms with E-state index in [1.54, 1.807) is 28.0 Å². The van der Waals surface area contributed by atoms with Gasteiger partial charge < -0.3 is 5.32 Å². The lowest BCUT2D eigenvalue weighted by Crippen LogP contribution is -2.33. The highest BCUT2D eigenvalue weighted by Crippen LogP contribution is 2.30. The van der Waals surface area contributed by atoms with Crippen molar-refractivity contribution in [1.82, 2.24) is 10.2 Å². The number of hydrogen-bond donors (Lipinski definition) is 1. The van der Waals surface area contributed by atoms with Crippen molar-refractivity contribution >= 4 is 46.3 Å². The van der Waals surface area contributed by atoms with Crippen LogP contribution in [0.4, 0.5) is 0 Å². The Morgan fingerprint density at radius 3 is 2.89 bits per heavy atom. The highest BCUT2D eigenvalue weighted by Gasteiger charge is 2.38. The molecular formula is C13H18N2OS3. The zero-order valence-corrected chi connectivity index (χ0v) is 13.8. The molecule has 1 aromatic rings. The van der Waals surface area contributed by atoms with Crippen LogP contribution in [0, 0.1) is 6.92 Å². The molecule has 19 heavy (non-hydrogen) atoms. The molecule has 1 saturated heterocycles. The van der Waals surface area contributed by atoms with Crippen LogP contribution in [0.5, 0.6) is 0 Å². The summed E-state index contributed by atoms with van der Waals surface area (Å²) in [5.74, 6) is 1.07. The Hall–Kier alpha value is -0.590. The predicted octanol–water partition coefficient (Wildman–Crippen LogP) is 2.96. The zero-order valence-electron chi connectivity index (χ0n) is 11.3. The Balaban J connectivity index is 2.11. The molecule has 3 nitrogen and oxygen atoms in total. The Kier molecular flexibility index (Phi) is 4.86. The first-order valence-corrected chi connectivity index (χ1v) is 8.85. The van der Waals surface area contributed by atoms with Gasteiger partial charge in [-0.3, -0.25) is 9.69 Å². The number of hydrogen-bond acceptors (Lipinski definition) is 4. The molecule has 2 rings (SSSR count). The molecule has 6 heteroatoms. The number of rotatable bonds is 5. The van der Waals surface area contributed by atoms with E-state index in [1.807, 2.05) is 13.2 Å². The largest absolute Gasteiger partial charge is 0.350 e. The quantitative estimate of drug-likeness (QED) is 0.847. The van der Waals surface area contributed by atoms with Crippen LogP contribution in [0.15, 0.2) is 12.1 Å². The summed E-state index contributed by atoms with van der Waals surface area (Å²) < 4.78 is 0. The van der Waals surface area contributed by atoms with Gasteiger partial charge in [-0.05, 0) is 56.6 Å². The first-order valence-electron chi connectivity index (χ1n) is 6.23. The lowest BCUT2D eigenvalue weighted by atomic mass is 10.2. The maximum absolute atomic E-state index is 12.4. The van der Waals surface area contributed by atoms with Gasteiger partial charge in [-0.1, -0.05) is 0 Å². The second-order valence-corrected chi connectivity index (χ2v) is 7.31. The van der Waals surface area contributed by atoms with Gasteiger partial charge in [-0.15, -0.1) is 11.3 Å². The molecule has 1 amide bonds. The molecule has 0 saturated carbocycles. The number of amides is 1. The van der Waals surface area contributed by atoms with Crippen molar-refractivity contribution in [2.45, 2.75) is 32.4 Å². The summed E-state index contributed by atoms with van der Waals surface area (Å²) in [6.45, 7) is 4.11. The van der Waals surface area contributed by atoms with E-state index in [0.29, 0.717) is 5.11 Å². The van der Waals surface area contributed by atoms with Gasteiger partial charge in [-0.25, -0.2) is 0 Å². The topological polar surface area (TPSA) is 32.3 Å². The normalized spacial score (nSPS) is 20.8. The molecule has 1 aliphatic heterocycles. The molecule has 0 unspecified atom stereocenters. The van der Waals surface area contributed by atoms with Crippen LogP contribution in [0.25, 0.3) is 0 Å². The summed E-state index contributed by atoms with van der Waals surface area (Å²) in [6.07, 6.45) is 2.87. The van der Waals surface area contributed by atoms with Crippen molar-refractivity contribution < 1.29 is 4.79 Å². The molecule has 0 spiro atoms. The molecular weight excluding hydrogens is 296 g/mol.